The first kappa shape index (κ1) is 13.5. The molecule has 0 amide bonds. The third kappa shape index (κ3) is 3.21. The zero-order valence-electron chi connectivity index (χ0n) is 11.2. The van der Waals surface area contributed by atoms with Crippen LogP contribution in [0.5, 0.6) is 0 Å². The number of methoxy groups -OCH3 is 1. The second kappa shape index (κ2) is 5.17. The summed E-state index contributed by atoms with van der Waals surface area (Å²) in [7, 11) is 3.67. The zero-order chi connectivity index (χ0) is 12.3. The van der Waals surface area contributed by atoms with E-state index in [1.807, 2.05) is 0 Å². The van der Waals surface area contributed by atoms with Gasteiger partial charge in [0.1, 0.15) is 0 Å². The van der Waals surface area contributed by atoms with E-state index in [1.165, 1.54) is 7.11 Å². The Morgan fingerprint density at radius 2 is 1.69 bits per heavy atom. The summed E-state index contributed by atoms with van der Waals surface area (Å²) in [6.07, 6.45) is 4.15. The molecule has 0 atom stereocenters. The number of nitrogens with zero attached hydrogens (tertiary/aromatic N) is 1. The maximum absolute atomic E-state index is 11.4. The second-order valence-corrected chi connectivity index (χ2v) is 5.81. The molecule has 3 heteroatoms. The van der Waals surface area contributed by atoms with Crippen molar-refractivity contribution in [2.45, 2.75) is 58.0 Å². The van der Waals surface area contributed by atoms with E-state index in [-0.39, 0.29) is 17.4 Å². The minimum absolute atomic E-state index is 0.0307. The van der Waals surface area contributed by atoms with Crippen LogP contribution in [0.25, 0.3) is 0 Å². The van der Waals surface area contributed by atoms with Gasteiger partial charge < -0.3 is 4.74 Å². The zero-order valence-corrected chi connectivity index (χ0v) is 11.2. The van der Waals surface area contributed by atoms with Crippen molar-refractivity contribution in [1.82, 2.24) is 4.90 Å². The molecule has 0 radical (unpaired) electrons. The van der Waals surface area contributed by atoms with Crippen molar-refractivity contribution < 1.29 is 9.53 Å². The molecule has 16 heavy (non-hydrogen) atoms. The van der Waals surface area contributed by atoms with Crippen molar-refractivity contribution in [1.29, 1.82) is 0 Å². The maximum atomic E-state index is 11.4. The van der Waals surface area contributed by atoms with Gasteiger partial charge in [0.05, 0.1) is 13.0 Å². The van der Waals surface area contributed by atoms with Gasteiger partial charge in [0.15, 0.2) is 0 Å². The van der Waals surface area contributed by atoms with E-state index in [0.717, 1.165) is 25.7 Å². The highest BCUT2D eigenvalue weighted by Gasteiger charge is 2.32. The smallest absolute Gasteiger partial charge is 0.308 e. The van der Waals surface area contributed by atoms with Crippen LogP contribution in [0.15, 0.2) is 0 Å². The summed E-state index contributed by atoms with van der Waals surface area (Å²) < 4.78 is 4.80. The van der Waals surface area contributed by atoms with Crippen LogP contribution in [0, 0.1) is 5.92 Å². The molecule has 0 aromatic rings. The van der Waals surface area contributed by atoms with Crippen LogP contribution in [0.3, 0.4) is 0 Å². The Hall–Kier alpha value is -0.570. The number of ether oxygens (including phenoxy) is 1. The standard InChI is InChI=1S/C13H25NO2/c1-13(2,3)14(4)11-8-6-10(7-9-11)12(15)16-5/h10-11H,6-9H2,1-5H3. The monoisotopic (exact) mass is 227 g/mol. The van der Waals surface area contributed by atoms with Crippen LogP contribution in [0.4, 0.5) is 0 Å². The van der Waals surface area contributed by atoms with Crippen LogP contribution >= 0.6 is 0 Å². The van der Waals surface area contributed by atoms with Crippen LogP contribution in [-0.2, 0) is 9.53 Å². The lowest BCUT2D eigenvalue weighted by Crippen LogP contribution is -2.47. The lowest BCUT2D eigenvalue weighted by Gasteiger charge is -2.41. The van der Waals surface area contributed by atoms with Gasteiger partial charge in [-0.1, -0.05) is 0 Å². The van der Waals surface area contributed by atoms with Crippen LogP contribution in [0.2, 0.25) is 0 Å². The highest BCUT2D eigenvalue weighted by atomic mass is 16.5. The number of esters is 1. The van der Waals surface area contributed by atoms with Crippen molar-refractivity contribution in [3.05, 3.63) is 0 Å². The molecule has 94 valence electrons. The topological polar surface area (TPSA) is 29.5 Å². The number of hydrogen-bond donors (Lipinski definition) is 0. The third-order valence-corrected chi connectivity index (χ3v) is 3.84. The fourth-order valence-electron chi connectivity index (χ4n) is 2.41. The third-order valence-electron chi connectivity index (χ3n) is 3.84. The van der Waals surface area contributed by atoms with Gasteiger partial charge in [-0.2, -0.15) is 0 Å². The Bertz CT molecular complexity index is 237. The summed E-state index contributed by atoms with van der Waals surface area (Å²) in [4.78, 5) is 13.8. The summed E-state index contributed by atoms with van der Waals surface area (Å²) in [6.45, 7) is 6.71. The van der Waals surface area contributed by atoms with E-state index >= 15 is 0 Å². The van der Waals surface area contributed by atoms with E-state index < -0.39 is 0 Å². The molecule has 0 aliphatic heterocycles. The molecule has 0 N–H and O–H groups in total. The average Bonchev–Trinajstić information content (AvgIpc) is 2.26. The molecule has 0 aromatic carbocycles. The van der Waals surface area contributed by atoms with E-state index in [1.54, 1.807) is 0 Å². The predicted molar refractivity (Wildman–Crippen MR) is 65.3 cm³/mol. The van der Waals surface area contributed by atoms with Crippen molar-refractivity contribution in [3.63, 3.8) is 0 Å². The molecule has 1 saturated carbocycles. The average molecular weight is 227 g/mol. The molecular formula is C13H25NO2. The lowest BCUT2D eigenvalue weighted by molar-refractivity contribution is -0.147. The maximum Gasteiger partial charge on any atom is 0.308 e. The molecule has 1 fully saturated rings. The van der Waals surface area contributed by atoms with Gasteiger partial charge in [0, 0.05) is 11.6 Å². The first-order valence-corrected chi connectivity index (χ1v) is 6.17. The van der Waals surface area contributed by atoms with Gasteiger partial charge in [-0.25, -0.2) is 0 Å². The van der Waals surface area contributed by atoms with Gasteiger partial charge in [0.25, 0.3) is 0 Å². The Morgan fingerprint density at radius 3 is 2.06 bits per heavy atom. The SMILES string of the molecule is COC(=O)C1CCC(N(C)C(C)(C)C)CC1. The number of rotatable bonds is 2. The highest BCUT2D eigenvalue weighted by Crippen LogP contribution is 2.30. The molecule has 1 aliphatic carbocycles. The lowest BCUT2D eigenvalue weighted by atomic mass is 9.84. The van der Waals surface area contributed by atoms with Gasteiger partial charge in [-0.05, 0) is 53.5 Å². The molecule has 1 rings (SSSR count). The van der Waals surface area contributed by atoms with Crippen LogP contribution < -0.4 is 0 Å². The fourth-order valence-corrected chi connectivity index (χ4v) is 2.41. The molecule has 0 bridgehead atoms. The van der Waals surface area contributed by atoms with E-state index in [4.69, 9.17) is 4.74 Å². The predicted octanol–water partition coefficient (Wildman–Crippen LogP) is 2.45. The number of carbonyl (C=O) groups is 1. The summed E-state index contributed by atoms with van der Waals surface area (Å²) >= 11 is 0. The number of hydrogen-bond acceptors (Lipinski definition) is 3. The molecule has 3 nitrogen and oxygen atoms in total. The minimum Gasteiger partial charge on any atom is -0.469 e. The summed E-state index contributed by atoms with van der Waals surface area (Å²) in [5.74, 6) is 0.103. The van der Waals surface area contributed by atoms with Crippen molar-refractivity contribution >= 4 is 5.97 Å². The molecule has 0 saturated heterocycles. The van der Waals surface area contributed by atoms with Gasteiger partial charge in [-0.3, -0.25) is 9.69 Å². The molecule has 0 aromatic heterocycles. The molecule has 0 unspecified atom stereocenters. The highest BCUT2D eigenvalue weighted by molar-refractivity contribution is 5.72. The van der Waals surface area contributed by atoms with Crippen molar-refractivity contribution in [2.24, 2.45) is 5.92 Å². The van der Waals surface area contributed by atoms with Crippen LogP contribution in [-0.4, -0.2) is 36.6 Å². The minimum atomic E-state index is -0.0307. The van der Waals surface area contributed by atoms with Crippen LogP contribution in [0.1, 0.15) is 46.5 Å². The van der Waals surface area contributed by atoms with Gasteiger partial charge in [-0.15, -0.1) is 0 Å². The normalized spacial score (nSPS) is 26.9. The Balaban J connectivity index is 2.46. The van der Waals surface area contributed by atoms with E-state index in [2.05, 4.69) is 32.7 Å². The first-order chi connectivity index (χ1) is 7.36. The number of carbonyl (C=O) groups excluding carboxylic acids is 1. The summed E-state index contributed by atoms with van der Waals surface area (Å²) in [5, 5.41) is 0. The summed E-state index contributed by atoms with van der Waals surface area (Å²) in [6, 6.07) is 0.612. The first-order valence-electron chi connectivity index (χ1n) is 6.17. The largest absolute Gasteiger partial charge is 0.469 e. The quantitative estimate of drug-likeness (QED) is 0.679. The fraction of sp³-hybridized carbons (Fsp3) is 0.923. The van der Waals surface area contributed by atoms with E-state index in [9.17, 15) is 4.79 Å². The second-order valence-electron chi connectivity index (χ2n) is 5.81. The Labute approximate surface area is 99.1 Å². The molecular weight excluding hydrogens is 202 g/mol. The van der Waals surface area contributed by atoms with Gasteiger partial charge in [0.2, 0.25) is 0 Å². The molecule has 0 heterocycles. The summed E-state index contributed by atoms with van der Waals surface area (Å²) in [5.41, 5.74) is 0.211. The Kier molecular flexibility index (Phi) is 4.36. The Morgan fingerprint density at radius 1 is 1.19 bits per heavy atom. The molecule has 1 aliphatic rings. The molecule has 0 spiro atoms. The van der Waals surface area contributed by atoms with Crippen molar-refractivity contribution in [2.75, 3.05) is 14.2 Å². The van der Waals surface area contributed by atoms with Crippen molar-refractivity contribution in [3.8, 4) is 0 Å². The van der Waals surface area contributed by atoms with Gasteiger partial charge >= 0.3 is 5.97 Å². The van der Waals surface area contributed by atoms with E-state index in [0.29, 0.717) is 6.04 Å².